The van der Waals surface area contributed by atoms with Crippen LogP contribution in [0.5, 0.6) is 11.5 Å². The number of hydrogen-bond donors (Lipinski definition) is 1. The van der Waals surface area contributed by atoms with E-state index in [4.69, 9.17) is 9.47 Å². The molecule has 0 saturated carbocycles. The van der Waals surface area contributed by atoms with Crippen molar-refractivity contribution in [2.75, 3.05) is 19.5 Å². The molecule has 0 unspecified atom stereocenters. The van der Waals surface area contributed by atoms with Crippen LogP contribution in [0.15, 0.2) is 29.7 Å². The molecule has 1 aromatic heterocycles. The van der Waals surface area contributed by atoms with E-state index in [0.717, 1.165) is 5.56 Å². The summed E-state index contributed by atoms with van der Waals surface area (Å²) in [5.74, 6) is 0.789. The molecular weight excluding hydrogens is 316 g/mol. The van der Waals surface area contributed by atoms with Crippen molar-refractivity contribution >= 4 is 34.2 Å². The smallest absolute Gasteiger partial charge is 0.250 e. The van der Waals surface area contributed by atoms with Crippen LogP contribution in [-0.2, 0) is 4.79 Å². The molecule has 2 aromatic rings. The van der Waals surface area contributed by atoms with Crippen molar-refractivity contribution in [2.24, 2.45) is 0 Å². The lowest BCUT2D eigenvalue weighted by atomic mass is 10.1. The lowest BCUT2D eigenvalue weighted by Gasteiger charge is -2.07. The van der Waals surface area contributed by atoms with E-state index in [-0.39, 0.29) is 11.7 Å². The van der Waals surface area contributed by atoms with E-state index in [1.807, 2.05) is 0 Å². The number of thiazole rings is 1. The Hall–Kier alpha value is -2.67. The largest absolute Gasteiger partial charge is 0.497 e. The molecule has 0 aliphatic rings. The molecule has 0 bridgehead atoms. The highest BCUT2D eigenvalue weighted by molar-refractivity contribution is 7.14. The molecule has 0 aliphatic carbocycles. The van der Waals surface area contributed by atoms with Gasteiger partial charge in [-0.3, -0.25) is 14.9 Å². The lowest BCUT2D eigenvalue weighted by Crippen LogP contribution is -2.07. The van der Waals surface area contributed by atoms with E-state index < -0.39 is 0 Å². The molecule has 0 atom stereocenters. The highest BCUT2D eigenvalue weighted by atomic mass is 32.1. The topological polar surface area (TPSA) is 77.5 Å². The minimum Gasteiger partial charge on any atom is -0.497 e. The Kier molecular flexibility index (Phi) is 5.48. The van der Waals surface area contributed by atoms with Crippen LogP contribution in [0.4, 0.5) is 5.13 Å². The van der Waals surface area contributed by atoms with Crippen molar-refractivity contribution in [3.63, 3.8) is 0 Å². The van der Waals surface area contributed by atoms with Gasteiger partial charge in [-0.05, 0) is 18.2 Å². The second-order valence-electron chi connectivity index (χ2n) is 4.52. The average Bonchev–Trinajstić information content (AvgIpc) is 3.01. The fourth-order valence-corrected chi connectivity index (χ4v) is 2.51. The quantitative estimate of drug-likeness (QED) is 0.650. The summed E-state index contributed by atoms with van der Waals surface area (Å²) in [4.78, 5) is 27.1. The Balaban J connectivity index is 2.07. The molecule has 120 valence electrons. The molecule has 2 rings (SSSR count). The van der Waals surface area contributed by atoms with E-state index in [1.54, 1.807) is 43.9 Å². The molecule has 1 heterocycles. The first-order valence-electron chi connectivity index (χ1n) is 6.71. The minimum absolute atomic E-state index is 0.139. The van der Waals surface area contributed by atoms with Gasteiger partial charge in [0.05, 0.1) is 14.2 Å². The minimum atomic E-state index is -0.340. The molecular formula is C16H16N2O4S. The van der Waals surface area contributed by atoms with E-state index in [1.165, 1.54) is 24.3 Å². The van der Waals surface area contributed by atoms with Crippen molar-refractivity contribution in [1.29, 1.82) is 0 Å². The maximum absolute atomic E-state index is 11.9. The van der Waals surface area contributed by atoms with Crippen LogP contribution in [0.2, 0.25) is 0 Å². The predicted molar refractivity (Wildman–Crippen MR) is 89.3 cm³/mol. The number of benzene rings is 1. The number of nitrogens with one attached hydrogen (secondary N) is 1. The Labute approximate surface area is 137 Å². The third kappa shape index (κ3) is 4.40. The highest BCUT2D eigenvalue weighted by Gasteiger charge is 2.08. The summed E-state index contributed by atoms with van der Waals surface area (Å²) < 4.78 is 10.4. The summed E-state index contributed by atoms with van der Waals surface area (Å²) in [6, 6.07) is 5.30. The summed E-state index contributed by atoms with van der Waals surface area (Å²) in [7, 11) is 3.12. The van der Waals surface area contributed by atoms with Gasteiger partial charge in [0, 0.05) is 30.0 Å². The van der Waals surface area contributed by atoms with Crippen molar-refractivity contribution in [2.45, 2.75) is 6.92 Å². The van der Waals surface area contributed by atoms with Gasteiger partial charge in [0.25, 0.3) is 0 Å². The zero-order valence-corrected chi connectivity index (χ0v) is 13.8. The monoisotopic (exact) mass is 332 g/mol. The Morgan fingerprint density at radius 3 is 2.65 bits per heavy atom. The van der Waals surface area contributed by atoms with E-state index >= 15 is 0 Å². The molecule has 0 saturated heterocycles. The number of carbonyl (C=O) groups is 2. The number of amides is 1. The number of methoxy groups -OCH3 is 2. The van der Waals surface area contributed by atoms with Crippen LogP contribution >= 0.6 is 11.3 Å². The normalized spacial score (nSPS) is 10.6. The summed E-state index contributed by atoms with van der Waals surface area (Å²) in [6.45, 7) is 1.43. The number of anilines is 1. The third-order valence-electron chi connectivity index (χ3n) is 2.95. The van der Waals surface area contributed by atoms with E-state index in [0.29, 0.717) is 22.3 Å². The summed E-state index contributed by atoms with van der Waals surface area (Å²) in [5, 5.41) is 4.60. The van der Waals surface area contributed by atoms with Gasteiger partial charge in [0.1, 0.15) is 17.2 Å². The number of hydrogen-bond acceptors (Lipinski definition) is 6. The average molecular weight is 332 g/mol. The number of Topliss-reactive ketones (excluding diaryl/α,β-unsaturated/α-hetero) is 1. The molecule has 23 heavy (non-hydrogen) atoms. The zero-order valence-electron chi connectivity index (χ0n) is 13.0. The van der Waals surface area contributed by atoms with Gasteiger partial charge in [-0.15, -0.1) is 11.3 Å². The van der Waals surface area contributed by atoms with Crippen LogP contribution in [0.25, 0.3) is 6.08 Å². The first-order valence-corrected chi connectivity index (χ1v) is 7.59. The fraction of sp³-hybridized carbons (Fsp3) is 0.188. The third-order valence-corrected chi connectivity index (χ3v) is 3.71. The first-order chi connectivity index (χ1) is 11.0. The van der Waals surface area contributed by atoms with Crippen LogP contribution in [0.3, 0.4) is 0 Å². The number of ether oxygens (including phenoxy) is 2. The SMILES string of the molecule is COc1ccc(/C=C/C(=O)Nc2nc(C(C)=O)cs2)c(OC)c1. The van der Waals surface area contributed by atoms with E-state index in [9.17, 15) is 9.59 Å². The van der Waals surface area contributed by atoms with Gasteiger partial charge in [-0.2, -0.15) is 0 Å². The maximum atomic E-state index is 11.9. The predicted octanol–water partition coefficient (Wildman–Crippen LogP) is 3.01. The maximum Gasteiger partial charge on any atom is 0.250 e. The summed E-state index contributed by atoms with van der Waals surface area (Å²) >= 11 is 1.20. The van der Waals surface area contributed by atoms with Crippen molar-refractivity contribution in [3.05, 3.63) is 40.9 Å². The van der Waals surface area contributed by atoms with Crippen LogP contribution in [-0.4, -0.2) is 30.9 Å². The van der Waals surface area contributed by atoms with E-state index in [2.05, 4.69) is 10.3 Å². The molecule has 0 fully saturated rings. The van der Waals surface area contributed by atoms with Gasteiger partial charge >= 0.3 is 0 Å². The molecule has 6 nitrogen and oxygen atoms in total. The van der Waals surface area contributed by atoms with Crippen LogP contribution in [0, 0.1) is 0 Å². The standard InChI is InChI=1S/C16H16N2O4S/c1-10(19)13-9-23-16(17-13)18-15(20)7-5-11-4-6-12(21-2)8-14(11)22-3/h4-9H,1-3H3,(H,17,18,20)/b7-5+. The number of carbonyl (C=O) groups excluding carboxylic acids is 2. The number of ketones is 1. The second-order valence-corrected chi connectivity index (χ2v) is 5.38. The van der Waals surface area contributed by atoms with Gasteiger partial charge in [-0.25, -0.2) is 4.98 Å². The second kappa shape index (κ2) is 7.55. The highest BCUT2D eigenvalue weighted by Crippen LogP contribution is 2.25. The van der Waals surface area contributed by atoms with Gasteiger partial charge in [0.15, 0.2) is 10.9 Å². The number of rotatable bonds is 6. The lowest BCUT2D eigenvalue weighted by molar-refractivity contribution is -0.111. The van der Waals surface area contributed by atoms with Crippen molar-refractivity contribution < 1.29 is 19.1 Å². The molecule has 1 amide bonds. The zero-order chi connectivity index (χ0) is 16.8. The fourth-order valence-electron chi connectivity index (χ4n) is 1.76. The molecule has 1 aromatic carbocycles. The van der Waals surface area contributed by atoms with Crippen molar-refractivity contribution in [1.82, 2.24) is 4.98 Å². The molecule has 0 aliphatic heterocycles. The Bertz CT molecular complexity index is 752. The molecule has 1 N–H and O–H groups in total. The summed E-state index contributed by atoms with van der Waals surface area (Å²) in [5.41, 5.74) is 1.08. The molecule has 7 heteroatoms. The number of nitrogens with zero attached hydrogens (tertiary/aromatic N) is 1. The Morgan fingerprint density at radius 1 is 1.26 bits per heavy atom. The summed E-state index contributed by atoms with van der Waals surface area (Å²) in [6.07, 6.45) is 3.01. The van der Waals surface area contributed by atoms with Gasteiger partial charge in [0.2, 0.25) is 5.91 Å². The van der Waals surface area contributed by atoms with Crippen LogP contribution < -0.4 is 14.8 Å². The van der Waals surface area contributed by atoms with Gasteiger partial charge < -0.3 is 9.47 Å². The first kappa shape index (κ1) is 16.7. The Morgan fingerprint density at radius 2 is 2.04 bits per heavy atom. The molecule has 0 radical (unpaired) electrons. The van der Waals surface area contributed by atoms with Crippen LogP contribution in [0.1, 0.15) is 23.0 Å². The van der Waals surface area contributed by atoms with Gasteiger partial charge in [-0.1, -0.05) is 0 Å². The molecule has 0 spiro atoms. The number of aromatic nitrogens is 1. The van der Waals surface area contributed by atoms with Crippen molar-refractivity contribution in [3.8, 4) is 11.5 Å².